The highest BCUT2D eigenvalue weighted by Gasteiger charge is 2.19. The number of hydrogen-bond donors (Lipinski definition) is 0. The molecule has 6 nitrogen and oxygen atoms in total. The lowest BCUT2D eigenvalue weighted by Gasteiger charge is -2.18. The van der Waals surface area contributed by atoms with Gasteiger partial charge in [0.25, 0.3) is 0 Å². The molecule has 0 spiro atoms. The van der Waals surface area contributed by atoms with Gasteiger partial charge in [-0.25, -0.2) is 0 Å². The second-order valence-electron chi connectivity index (χ2n) is 22.0. The van der Waals surface area contributed by atoms with E-state index in [2.05, 4.69) is 130 Å². The molecule has 1 unspecified atom stereocenters. The molecule has 6 heteroatoms. The first-order valence-corrected chi connectivity index (χ1v) is 33.4. The number of hydrogen-bond acceptors (Lipinski definition) is 6. The Bertz CT molecular complexity index is 1590. The summed E-state index contributed by atoms with van der Waals surface area (Å²) in [6.45, 7) is 6.52. The van der Waals surface area contributed by atoms with E-state index in [0.717, 1.165) is 122 Å². The molecular formula is C73H124O6. The van der Waals surface area contributed by atoms with Crippen molar-refractivity contribution in [3.8, 4) is 0 Å². The van der Waals surface area contributed by atoms with Crippen LogP contribution in [-0.4, -0.2) is 37.2 Å². The average Bonchev–Trinajstić information content (AvgIpc) is 3.45. The van der Waals surface area contributed by atoms with E-state index in [4.69, 9.17) is 14.2 Å². The third-order valence-electron chi connectivity index (χ3n) is 14.3. The molecule has 0 saturated heterocycles. The Morgan fingerprint density at radius 1 is 0.266 bits per heavy atom. The summed E-state index contributed by atoms with van der Waals surface area (Å²) in [6.07, 6.45) is 90.9. The predicted octanol–water partition coefficient (Wildman–Crippen LogP) is 23.0. The molecule has 0 saturated carbocycles. The molecule has 0 aliphatic rings. The zero-order chi connectivity index (χ0) is 57.1. The van der Waals surface area contributed by atoms with Crippen LogP contribution >= 0.6 is 0 Å². The van der Waals surface area contributed by atoms with Gasteiger partial charge < -0.3 is 14.2 Å². The number of unbranched alkanes of at least 4 members (excludes halogenated alkanes) is 31. The van der Waals surface area contributed by atoms with Gasteiger partial charge in [0.15, 0.2) is 6.10 Å². The maximum atomic E-state index is 12.9. The fourth-order valence-corrected chi connectivity index (χ4v) is 9.28. The summed E-state index contributed by atoms with van der Waals surface area (Å²) < 4.78 is 16.9. The topological polar surface area (TPSA) is 78.9 Å². The van der Waals surface area contributed by atoms with Crippen LogP contribution < -0.4 is 0 Å². The highest BCUT2D eigenvalue weighted by molar-refractivity contribution is 5.71. The lowest BCUT2D eigenvalue weighted by atomic mass is 10.0. The highest BCUT2D eigenvalue weighted by Crippen LogP contribution is 2.16. The molecule has 79 heavy (non-hydrogen) atoms. The SMILES string of the molecule is CC/C=C\C/C=C\C/C=C\C/C=C\C/C=C\C/C=C\CCCCCCC(=O)OC(COC(=O)CCCCCCCCCCCC/C=C\C/C=C\C/C=C\CCCCCCC)COC(=O)CCCCCCCCCCCCCCC. The first-order valence-electron chi connectivity index (χ1n) is 33.4. The second kappa shape index (κ2) is 66.6. The van der Waals surface area contributed by atoms with E-state index in [1.807, 2.05) is 0 Å². The number of esters is 3. The highest BCUT2D eigenvalue weighted by atomic mass is 16.6. The molecule has 0 fully saturated rings. The molecule has 0 heterocycles. The van der Waals surface area contributed by atoms with Gasteiger partial charge in [-0.05, 0) is 109 Å². The normalized spacial score (nSPS) is 12.8. The minimum Gasteiger partial charge on any atom is -0.462 e. The Morgan fingerprint density at radius 3 is 0.772 bits per heavy atom. The molecule has 1 atom stereocenters. The first kappa shape index (κ1) is 75.1. The van der Waals surface area contributed by atoms with Crippen LogP contribution in [0.1, 0.15) is 316 Å². The Kier molecular flexibility index (Phi) is 63.3. The third kappa shape index (κ3) is 64.8. The van der Waals surface area contributed by atoms with Crippen LogP contribution in [0.15, 0.2) is 109 Å². The Morgan fingerprint density at radius 2 is 0.494 bits per heavy atom. The van der Waals surface area contributed by atoms with Crippen molar-refractivity contribution in [2.75, 3.05) is 13.2 Å². The van der Waals surface area contributed by atoms with Crippen LogP contribution in [0.2, 0.25) is 0 Å². The fraction of sp³-hybridized carbons (Fsp3) is 0.712. The van der Waals surface area contributed by atoms with E-state index in [1.165, 1.54) is 154 Å². The van der Waals surface area contributed by atoms with Crippen molar-refractivity contribution in [3.63, 3.8) is 0 Å². The van der Waals surface area contributed by atoms with Crippen LogP contribution in [0.4, 0.5) is 0 Å². The van der Waals surface area contributed by atoms with Crippen molar-refractivity contribution in [1.82, 2.24) is 0 Å². The fourth-order valence-electron chi connectivity index (χ4n) is 9.28. The molecule has 0 aliphatic heterocycles. The van der Waals surface area contributed by atoms with Crippen molar-refractivity contribution >= 4 is 17.9 Å². The third-order valence-corrected chi connectivity index (χ3v) is 14.3. The standard InChI is InChI=1S/C73H124O6/c1-4-7-10-13-16-19-22-25-27-29-31-33-35-36-38-39-41-43-45-48-51-54-57-60-63-66-72(75)78-69-70(68-77-71(74)65-62-59-56-53-50-47-24-21-18-15-12-9-6-3)79-73(76)67-64-61-58-55-52-49-46-44-42-40-37-34-32-30-28-26-23-20-17-14-11-8-5-2/h8,11,17,20,22,25-26,28-29,31-32,34-36,40,42,46,49,70H,4-7,9-10,12-16,18-19,21,23-24,27,30,33,37-39,41,43-45,47-48,50-69H2,1-3H3/b11-8-,20-17-,25-22-,28-26-,31-29-,34-32-,36-35-,42-40-,49-46-. The van der Waals surface area contributed by atoms with Gasteiger partial charge in [-0.2, -0.15) is 0 Å². The van der Waals surface area contributed by atoms with E-state index >= 15 is 0 Å². The Balaban J connectivity index is 4.38. The largest absolute Gasteiger partial charge is 0.462 e. The van der Waals surface area contributed by atoms with Crippen LogP contribution in [0.5, 0.6) is 0 Å². The zero-order valence-corrected chi connectivity index (χ0v) is 51.9. The van der Waals surface area contributed by atoms with Crippen molar-refractivity contribution in [2.24, 2.45) is 0 Å². The summed E-state index contributed by atoms with van der Waals surface area (Å²) in [5, 5.41) is 0. The van der Waals surface area contributed by atoms with E-state index in [9.17, 15) is 14.4 Å². The van der Waals surface area contributed by atoms with Crippen molar-refractivity contribution in [1.29, 1.82) is 0 Å². The lowest BCUT2D eigenvalue weighted by molar-refractivity contribution is -0.167. The predicted molar refractivity (Wildman–Crippen MR) is 343 cm³/mol. The van der Waals surface area contributed by atoms with Gasteiger partial charge in [0.05, 0.1) is 0 Å². The summed E-state index contributed by atoms with van der Waals surface area (Å²) in [7, 11) is 0. The molecule has 0 aromatic heterocycles. The average molecular weight is 1100 g/mol. The van der Waals surface area contributed by atoms with Crippen LogP contribution in [0.25, 0.3) is 0 Å². The molecule has 0 aromatic carbocycles. The minimum absolute atomic E-state index is 0.0883. The van der Waals surface area contributed by atoms with Crippen molar-refractivity contribution < 1.29 is 28.6 Å². The summed E-state index contributed by atoms with van der Waals surface area (Å²) in [4.78, 5) is 38.4. The van der Waals surface area contributed by atoms with Gasteiger partial charge >= 0.3 is 17.9 Å². The smallest absolute Gasteiger partial charge is 0.306 e. The number of carbonyl (C=O) groups excluding carboxylic acids is 3. The Hall–Kier alpha value is -3.93. The molecular weight excluding hydrogens is 973 g/mol. The maximum absolute atomic E-state index is 12.9. The van der Waals surface area contributed by atoms with Gasteiger partial charge in [0, 0.05) is 19.3 Å². The molecule has 0 rings (SSSR count). The molecule has 452 valence electrons. The quantitative estimate of drug-likeness (QED) is 0.0261. The summed E-state index contributed by atoms with van der Waals surface area (Å²) >= 11 is 0. The van der Waals surface area contributed by atoms with E-state index in [-0.39, 0.29) is 31.1 Å². The van der Waals surface area contributed by atoms with Crippen molar-refractivity contribution in [2.45, 2.75) is 322 Å². The Labute approximate surface area is 489 Å². The van der Waals surface area contributed by atoms with Gasteiger partial charge in [0.1, 0.15) is 13.2 Å². The molecule has 0 radical (unpaired) electrons. The monoisotopic (exact) mass is 1100 g/mol. The van der Waals surface area contributed by atoms with Crippen molar-refractivity contribution in [3.05, 3.63) is 109 Å². The van der Waals surface area contributed by atoms with E-state index < -0.39 is 6.10 Å². The molecule has 0 bridgehead atoms. The van der Waals surface area contributed by atoms with Gasteiger partial charge in [0.2, 0.25) is 0 Å². The molecule has 0 aromatic rings. The van der Waals surface area contributed by atoms with Crippen LogP contribution in [0.3, 0.4) is 0 Å². The molecule has 0 aliphatic carbocycles. The van der Waals surface area contributed by atoms with E-state index in [1.54, 1.807) is 0 Å². The second-order valence-corrected chi connectivity index (χ2v) is 22.0. The first-order chi connectivity index (χ1) is 39.0. The lowest BCUT2D eigenvalue weighted by Crippen LogP contribution is -2.30. The van der Waals surface area contributed by atoms with Gasteiger partial charge in [-0.15, -0.1) is 0 Å². The summed E-state index contributed by atoms with van der Waals surface area (Å²) in [5.41, 5.74) is 0. The molecule has 0 N–H and O–H groups in total. The van der Waals surface area contributed by atoms with Gasteiger partial charge in [-0.1, -0.05) is 297 Å². The molecule has 0 amide bonds. The number of carbonyl (C=O) groups is 3. The number of rotatable bonds is 60. The van der Waals surface area contributed by atoms with Gasteiger partial charge in [-0.3, -0.25) is 14.4 Å². The van der Waals surface area contributed by atoms with E-state index in [0.29, 0.717) is 19.3 Å². The summed E-state index contributed by atoms with van der Waals surface area (Å²) in [6, 6.07) is 0. The maximum Gasteiger partial charge on any atom is 0.306 e. The minimum atomic E-state index is -0.795. The van der Waals surface area contributed by atoms with Crippen LogP contribution in [0, 0.1) is 0 Å². The van der Waals surface area contributed by atoms with Crippen LogP contribution in [-0.2, 0) is 28.6 Å². The number of ether oxygens (including phenoxy) is 3. The zero-order valence-electron chi connectivity index (χ0n) is 51.9. The summed E-state index contributed by atoms with van der Waals surface area (Å²) in [5.74, 6) is -0.908. The number of allylic oxidation sites excluding steroid dienone is 18.